The maximum Gasteiger partial charge on any atom is 0.459 e. The van der Waals surface area contributed by atoms with E-state index in [1.165, 1.54) is 37.3 Å². The largest absolute Gasteiger partial charge is 0.497 e. The number of hydrogen-bond donors (Lipinski definition) is 4. The molecule has 0 amide bonds. The van der Waals surface area contributed by atoms with Gasteiger partial charge in [-0.15, -0.1) is 0 Å². The van der Waals surface area contributed by atoms with Crippen LogP contribution in [0.15, 0.2) is 48.5 Å². The van der Waals surface area contributed by atoms with Crippen LogP contribution in [-0.4, -0.2) is 48.1 Å². The second-order valence-electron chi connectivity index (χ2n) is 10.1. The first-order chi connectivity index (χ1) is 18.6. The summed E-state index contributed by atoms with van der Waals surface area (Å²) in [5, 5.41) is 22.0. The number of hydrogen-bond acceptors (Lipinski definition) is 7. The predicted octanol–water partition coefficient (Wildman–Crippen LogP) is 5.66. The summed E-state index contributed by atoms with van der Waals surface area (Å²) in [5.41, 5.74) is 7.77. The number of unbranched alkanes of at least 4 members (excludes halogenated alkanes) is 1. The number of ether oxygens (including phenoxy) is 1. The fraction of sp³-hybridized carbons (Fsp3) is 0.552. The average molecular weight is 565 g/mol. The third-order valence-corrected chi connectivity index (χ3v) is 8.40. The van der Waals surface area contributed by atoms with Crippen molar-refractivity contribution in [2.75, 3.05) is 20.3 Å². The van der Waals surface area contributed by atoms with Gasteiger partial charge in [0.1, 0.15) is 17.5 Å². The molecule has 0 aliphatic carbocycles. The summed E-state index contributed by atoms with van der Waals surface area (Å²) in [5.74, 6) is 0.00402. The highest BCUT2D eigenvalue weighted by Crippen LogP contribution is 2.46. The van der Waals surface area contributed by atoms with Crippen molar-refractivity contribution < 1.29 is 33.4 Å². The van der Waals surface area contributed by atoms with Gasteiger partial charge in [0, 0.05) is 0 Å². The van der Waals surface area contributed by atoms with Gasteiger partial charge in [-0.25, -0.2) is 4.57 Å². The molecule has 39 heavy (non-hydrogen) atoms. The van der Waals surface area contributed by atoms with Gasteiger partial charge in [0.25, 0.3) is 0 Å². The molecule has 3 unspecified atom stereocenters. The molecule has 0 aliphatic heterocycles. The molecular formula is C29H45N2O7P. The first kappa shape index (κ1) is 32.8. The molecule has 4 atom stereocenters. The van der Waals surface area contributed by atoms with Crippen molar-refractivity contribution in [2.45, 2.75) is 83.2 Å². The van der Waals surface area contributed by atoms with E-state index < -0.39 is 31.9 Å². The molecule has 0 saturated carbocycles. The maximum absolute atomic E-state index is 13.6. The summed E-state index contributed by atoms with van der Waals surface area (Å²) in [6, 6.07) is 13.4. The number of aliphatic hydroxyl groups is 1. The van der Waals surface area contributed by atoms with E-state index >= 15 is 0 Å². The highest BCUT2D eigenvalue weighted by atomic mass is 31.2. The maximum atomic E-state index is 13.6. The van der Waals surface area contributed by atoms with Crippen LogP contribution in [0.3, 0.4) is 0 Å². The number of carboxylic acids is 1. The zero-order valence-electron chi connectivity index (χ0n) is 23.6. The lowest BCUT2D eigenvalue weighted by Gasteiger charge is -2.30. The number of aliphatic hydroxyl groups excluding tert-OH is 1. The van der Waals surface area contributed by atoms with E-state index in [0.29, 0.717) is 24.5 Å². The molecule has 2 aromatic carbocycles. The van der Waals surface area contributed by atoms with Gasteiger partial charge in [-0.05, 0) is 73.9 Å². The van der Waals surface area contributed by atoms with Crippen molar-refractivity contribution in [1.82, 2.24) is 5.09 Å². The molecule has 5 N–H and O–H groups in total. The van der Waals surface area contributed by atoms with Gasteiger partial charge < -0.3 is 25.2 Å². The highest BCUT2D eigenvalue weighted by Gasteiger charge is 2.36. The number of carboxylic acid groups (broad SMARTS) is 1. The average Bonchev–Trinajstić information content (AvgIpc) is 2.93. The number of benzene rings is 2. The molecule has 2 rings (SSSR count). The Balaban J connectivity index is 2.19. The van der Waals surface area contributed by atoms with Crippen LogP contribution in [0.2, 0.25) is 0 Å². The van der Waals surface area contributed by atoms with E-state index in [0.717, 1.165) is 32.1 Å². The smallest absolute Gasteiger partial charge is 0.459 e. The molecule has 0 saturated heterocycles. The Kier molecular flexibility index (Phi) is 13.4. The number of nitrogens with one attached hydrogen (secondary N) is 1. The minimum atomic E-state index is -4.19. The van der Waals surface area contributed by atoms with Gasteiger partial charge in [0.05, 0.1) is 25.9 Å². The Morgan fingerprint density at radius 1 is 1.08 bits per heavy atom. The molecule has 10 heteroatoms. The summed E-state index contributed by atoms with van der Waals surface area (Å²) in [6.45, 7) is 5.00. The quantitative estimate of drug-likeness (QED) is 0.159. The molecule has 0 heterocycles. The third kappa shape index (κ3) is 10.6. The second kappa shape index (κ2) is 16.0. The monoisotopic (exact) mass is 564 g/mol. The summed E-state index contributed by atoms with van der Waals surface area (Å²) in [4.78, 5) is 11.5. The van der Waals surface area contributed by atoms with Crippen molar-refractivity contribution in [3.05, 3.63) is 59.7 Å². The van der Waals surface area contributed by atoms with Crippen LogP contribution in [-0.2, 0) is 20.3 Å². The van der Waals surface area contributed by atoms with Crippen LogP contribution in [0.1, 0.15) is 76.3 Å². The Labute approximate surface area is 232 Å². The van der Waals surface area contributed by atoms with Gasteiger partial charge >= 0.3 is 13.7 Å². The zero-order valence-corrected chi connectivity index (χ0v) is 24.5. The first-order valence-corrected chi connectivity index (χ1v) is 15.2. The van der Waals surface area contributed by atoms with Crippen molar-refractivity contribution in [3.63, 3.8) is 0 Å². The Morgan fingerprint density at radius 3 is 2.33 bits per heavy atom. The van der Waals surface area contributed by atoms with E-state index in [9.17, 15) is 19.6 Å². The number of aryl methyl sites for hydroxylation is 1. The van der Waals surface area contributed by atoms with E-state index in [1.54, 1.807) is 12.1 Å². The summed E-state index contributed by atoms with van der Waals surface area (Å²) in [6.07, 6.45) is 6.60. The van der Waals surface area contributed by atoms with E-state index in [2.05, 4.69) is 37.1 Å². The van der Waals surface area contributed by atoms with Crippen LogP contribution >= 0.6 is 7.75 Å². The number of rotatable bonds is 19. The fourth-order valence-corrected chi connectivity index (χ4v) is 5.96. The summed E-state index contributed by atoms with van der Waals surface area (Å²) < 4.78 is 30.0. The minimum Gasteiger partial charge on any atom is -0.497 e. The van der Waals surface area contributed by atoms with Crippen molar-refractivity contribution >= 4 is 13.7 Å². The molecule has 9 nitrogen and oxygen atoms in total. The lowest BCUT2D eigenvalue weighted by atomic mass is 9.84. The molecule has 0 spiro atoms. The Bertz CT molecular complexity index is 1070. The van der Waals surface area contributed by atoms with Crippen molar-refractivity contribution in [1.29, 1.82) is 0 Å². The van der Waals surface area contributed by atoms with Crippen molar-refractivity contribution in [3.8, 4) is 11.5 Å². The van der Waals surface area contributed by atoms with Crippen LogP contribution in [0.25, 0.3) is 0 Å². The van der Waals surface area contributed by atoms with Crippen molar-refractivity contribution in [2.24, 2.45) is 5.73 Å². The lowest BCUT2D eigenvalue weighted by molar-refractivity contribution is -0.138. The van der Waals surface area contributed by atoms with E-state index in [-0.39, 0.29) is 12.4 Å². The van der Waals surface area contributed by atoms with E-state index in [4.69, 9.17) is 19.5 Å². The second-order valence-corrected chi connectivity index (χ2v) is 11.8. The highest BCUT2D eigenvalue weighted by molar-refractivity contribution is 7.52. The van der Waals surface area contributed by atoms with Crippen LogP contribution in [0, 0.1) is 0 Å². The predicted molar refractivity (Wildman–Crippen MR) is 153 cm³/mol. The van der Waals surface area contributed by atoms with Gasteiger partial charge in [-0.1, -0.05) is 57.4 Å². The van der Waals surface area contributed by atoms with Crippen LogP contribution in [0.5, 0.6) is 11.5 Å². The Morgan fingerprint density at radius 2 is 1.74 bits per heavy atom. The van der Waals surface area contributed by atoms with Gasteiger partial charge in [0.2, 0.25) is 0 Å². The third-order valence-electron chi connectivity index (χ3n) is 6.77. The van der Waals surface area contributed by atoms with Crippen LogP contribution in [0.4, 0.5) is 0 Å². The minimum absolute atomic E-state index is 0.193. The normalized spacial score (nSPS) is 16.1. The molecular weight excluding hydrogens is 519 g/mol. The van der Waals surface area contributed by atoms with Crippen LogP contribution < -0.4 is 20.1 Å². The summed E-state index contributed by atoms with van der Waals surface area (Å²) in [7, 11) is -2.67. The number of carbonyl (C=O) groups is 1. The standard InChI is InChI=1S/C29H45N2O7P/c1-5-7-11-23(10-6-2)27-13-9-8-12-24(27)18-19-29(30,20-32)21-37-39(35,31-22(3)28(33)34)38-26-16-14-25(36-4)15-17-26/h8-9,12-17,22-23,32H,5-7,10-11,18-21,30H2,1-4H3,(H,31,35)(H,33,34)/t22-,23?,29?,39?/m0/s1. The lowest BCUT2D eigenvalue weighted by Crippen LogP contribution is -2.49. The fourth-order valence-electron chi connectivity index (χ4n) is 4.37. The van der Waals surface area contributed by atoms with Gasteiger partial charge in [-0.2, -0.15) is 5.09 Å². The summed E-state index contributed by atoms with van der Waals surface area (Å²) >= 11 is 0. The Hall–Kier alpha value is -2.42. The zero-order chi connectivity index (χ0) is 28.9. The number of methoxy groups -OCH3 is 1. The number of aliphatic carboxylic acids is 1. The van der Waals surface area contributed by atoms with E-state index in [1.807, 2.05) is 6.07 Å². The molecule has 2 aromatic rings. The molecule has 0 radical (unpaired) electrons. The molecule has 0 fully saturated rings. The molecule has 0 aromatic heterocycles. The van der Waals surface area contributed by atoms with Gasteiger partial charge in [0.15, 0.2) is 0 Å². The molecule has 0 aliphatic rings. The number of nitrogens with two attached hydrogens (primary N) is 1. The first-order valence-electron chi connectivity index (χ1n) is 13.6. The molecule has 0 bridgehead atoms. The topological polar surface area (TPSA) is 140 Å². The van der Waals surface area contributed by atoms with Gasteiger partial charge in [-0.3, -0.25) is 9.32 Å². The molecule has 218 valence electrons. The SMILES string of the molecule is CCCCC(CCC)c1ccccc1CCC(N)(CO)COP(=O)(N[C@@H](C)C(=O)O)Oc1ccc(OC)cc1.